The van der Waals surface area contributed by atoms with Crippen LogP contribution in [0.5, 0.6) is 11.5 Å². The number of nitrogens with one attached hydrogen (secondary N) is 2. The Morgan fingerprint density at radius 1 is 1.06 bits per heavy atom. The van der Waals surface area contributed by atoms with Crippen molar-refractivity contribution in [2.45, 2.75) is 39.3 Å². The topological polar surface area (TPSA) is 83.1 Å². The van der Waals surface area contributed by atoms with Crippen LogP contribution in [0.4, 0.5) is 5.69 Å². The number of ether oxygens (including phenoxy) is 2. The summed E-state index contributed by atoms with van der Waals surface area (Å²) >= 11 is 0. The molecule has 2 amide bonds. The van der Waals surface area contributed by atoms with Gasteiger partial charge in [-0.25, -0.2) is 5.43 Å². The van der Waals surface area contributed by atoms with Gasteiger partial charge in [0.1, 0.15) is 12.6 Å². The fourth-order valence-electron chi connectivity index (χ4n) is 4.56. The van der Waals surface area contributed by atoms with Crippen LogP contribution >= 0.6 is 0 Å². The Bertz CT molecular complexity index is 1090. The molecule has 2 aliphatic heterocycles. The van der Waals surface area contributed by atoms with Crippen molar-refractivity contribution in [3.8, 4) is 11.5 Å². The van der Waals surface area contributed by atoms with E-state index in [2.05, 4.69) is 10.7 Å². The average Bonchev–Trinajstić information content (AvgIpc) is 3.23. The maximum absolute atomic E-state index is 13.1. The van der Waals surface area contributed by atoms with Crippen LogP contribution in [0.25, 0.3) is 0 Å². The number of hydrogen-bond donors (Lipinski definition) is 2. The van der Waals surface area contributed by atoms with E-state index in [1.165, 1.54) is 4.90 Å². The van der Waals surface area contributed by atoms with Crippen molar-refractivity contribution in [3.05, 3.63) is 65.0 Å². The molecule has 0 saturated carbocycles. The molecule has 2 N–H and O–H groups in total. The summed E-state index contributed by atoms with van der Waals surface area (Å²) in [6.07, 6.45) is 4.03. The van der Waals surface area contributed by atoms with Gasteiger partial charge in [0.05, 0.1) is 20.3 Å². The fourth-order valence-corrected chi connectivity index (χ4v) is 4.56. The second-order valence-corrected chi connectivity index (χ2v) is 8.54. The molecule has 2 aliphatic rings. The number of methoxy groups -OCH3 is 2. The Balaban J connectivity index is 1.43. The lowest BCUT2D eigenvalue weighted by Gasteiger charge is -2.31. The molecule has 2 aromatic rings. The largest absolute Gasteiger partial charge is 0.493 e. The van der Waals surface area contributed by atoms with Crippen molar-refractivity contribution in [2.75, 3.05) is 26.1 Å². The lowest BCUT2D eigenvalue weighted by molar-refractivity contribution is -0.137. The molecule has 0 bridgehead atoms. The molecule has 4 rings (SSSR count). The summed E-state index contributed by atoms with van der Waals surface area (Å²) < 4.78 is 10.7. The van der Waals surface area contributed by atoms with Gasteiger partial charge in [-0.05, 0) is 56.0 Å². The van der Waals surface area contributed by atoms with Gasteiger partial charge < -0.3 is 24.7 Å². The molecule has 0 aliphatic carbocycles. The maximum Gasteiger partial charge on any atom is 0.251 e. The molecule has 2 heterocycles. The molecule has 2 atom stereocenters. The van der Waals surface area contributed by atoms with E-state index in [0.29, 0.717) is 17.9 Å². The number of rotatable bonds is 6. The Hall–Kier alpha value is -3.52. The van der Waals surface area contributed by atoms with Gasteiger partial charge in [0.2, 0.25) is 5.91 Å². The molecule has 8 heteroatoms. The number of amides is 2. The number of anilines is 1. The Morgan fingerprint density at radius 2 is 1.76 bits per heavy atom. The summed E-state index contributed by atoms with van der Waals surface area (Å²) in [5.41, 5.74) is 8.32. The third-order valence-electron chi connectivity index (χ3n) is 6.14. The first-order valence-corrected chi connectivity index (χ1v) is 10.9. The van der Waals surface area contributed by atoms with Gasteiger partial charge in [0, 0.05) is 18.1 Å². The van der Waals surface area contributed by atoms with Crippen LogP contribution in [0.2, 0.25) is 0 Å². The molecule has 0 aromatic heterocycles. The summed E-state index contributed by atoms with van der Waals surface area (Å²) in [4.78, 5) is 27.4. The molecular formula is C25H30N4O4. The van der Waals surface area contributed by atoms with Crippen molar-refractivity contribution < 1.29 is 19.1 Å². The Kier molecular flexibility index (Phi) is 6.29. The van der Waals surface area contributed by atoms with E-state index in [9.17, 15) is 9.59 Å². The fraction of sp³-hybridized carbons (Fsp3) is 0.360. The van der Waals surface area contributed by atoms with E-state index in [4.69, 9.17) is 9.47 Å². The summed E-state index contributed by atoms with van der Waals surface area (Å²) in [5, 5.41) is 4.78. The van der Waals surface area contributed by atoms with Crippen molar-refractivity contribution >= 4 is 17.5 Å². The van der Waals surface area contributed by atoms with E-state index >= 15 is 0 Å². The van der Waals surface area contributed by atoms with Crippen LogP contribution in [-0.2, 0) is 9.59 Å². The minimum atomic E-state index is -0.385. The molecule has 1 saturated heterocycles. The molecular weight excluding hydrogens is 420 g/mol. The molecule has 1 fully saturated rings. The van der Waals surface area contributed by atoms with E-state index in [0.717, 1.165) is 27.9 Å². The van der Waals surface area contributed by atoms with Gasteiger partial charge in [-0.2, -0.15) is 0 Å². The average molecular weight is 451 g/mol. The zero-order valence-corrected chi connectivity index (χ0v) is 19.6. The monoisotopic (exact) mass is 450 g/mol. The molecule has 174 valence electrons. The van der Waals surface area contributed by atoms with Gasteiger partial charge in [-0.1, -0.05) is 23.8 Å². The first-order valence-electron chi connectivity index (χ1n) is 10.9. The van der Waals surface area contributed by atoms with Gasteiger partial charge in [0.15, 0.2) is 11.5 Å². The van der Waals surface area contributed by atoms with Crippen molar-refractivity contribution in [1.29, 1.82) is 0 Å². The first kappa shape index (κ1) is 22.7. The highest BCUT2D eigenvalue weighted by molar-refractivity contribution is 5.97. The van der Waals surface area contributed by atoms with Crippen molar-refractivity contribution in [1.82, 2.24) is 15.3 Å². The molecule has 0 spiro atoms. The number of hydrogen-bond acceptors (Lipinski definition) is 6. The summed E-state index contributed by atoms with van der Waals surface area (Å²) in [5.74, 6) is 0.965. The second-order valence-electron chi connectivity index (χ2n) is 8.54. The lowest BCUT2D eigenvalue weighted by atomic mass is 10.0. The highest BCUT2D eigenvalue weighted by Crippen LogP contribution is 2.35. The van der Waals surface area contributed by atoms with E-state index < -0.39 is 0 Å². The highest BCUT2D eigenvalue weighted by atomic mass is 16.5. The number of benzene rings is 2. The Labute approximate surface area is 194 Å². The summed E-state index contributed by atoms with van der Waals surface area (Å²) in [6, 6.07) is 9.36. The minimum Gasteiger partial charge on any atom is -0.493 e. The number of carbonyl (C=O) groups is 2. The minimum absolute atomic E-state index is 0.0343. The third-order valence-corrected chi connectivity index (χ3v) is 6.14. The number of aryl methyl sites for hydroxylation is 3. The first-order chi connectivity index (χ1) is 15.8. The van der Waals surface area contributed by atoms with E-state index in [1.54, 1.807) is 20.4 Å². The molecule has 2 aromatic carbocycles. The quantitative estimate of drug-likeness (QED) is 0.703. The maximum atomic E-state index is 13.1. The predicted molar refractivity (Wildman–Crippen MR) is 126 cm³/mol. The number of fused-ring (bicyclic) bond motifs is 1. The lowest BCUT2D eigenvalue weighted by Crippen LogP contribution is -2.49. The number of carbonyl (C=O) groups excluding carboxylic acids is 2. The van der Waals surface area contributed by atoms with Gasteiger partial charge >= 0.3 is 0 Å². The smallest absolute Gasteiger partial charge is 0.251 e. The van der Waals surface area contributed by atoms with Crippen molar-refractivity contribution in [2.24, 2.45) is 0 Å². The zero-order valence-electron chi connectivity index (χ0n) is 19.6. The summed E-state index contributed by atoms with van der Waals surface area (Å²) in [7, 11) is 3.20. The summed E-state index contributed by atoms with van der Waals surface area (Å²) in [6.45, 7) is 5.93. The van der Waals surface area contributed by atoms with Crippen LogP contribution in [0.1, 0.15) is 34.7 Å². The third kappa shape index (κ3) is 4.52. The highest BCUT2D eigenvalue weighted by Gasteiger charge is 2.40. The zero-order chi connectivity index (χ0) is 23.7. The number of hydrazine groups is 1. The van der Waals surface area contributed by atoms with Crippen LogP contribution in [0.15, 0.2) is 42.7 Å². The van der Waals surface area contributed by atoms with Crippen LogP contribution in [0, 0.1) is 20.8 Å². The normalized spacial score (nSPS) is 19.5. The molecule has 8 nitrogen and oxygen atoms in total. The Morgan fingerprint density at radius 3 is 2.42 bits per heavy atom. The second kappa shape index (κ2) is 9.15. The number of nitrogens with zero attached hydrogens (tertiary/aromatic N) is 2. The van der Waals surface area contributed by atoms with Gasteiger partial charge in [-0.3, -0.25) is 9.59 Å². The SMILES string of the molecule is COc1ccc(C2CC3C(=O)N(CC(=O)Nc4c(C)cc(C)cc4C)C=CN3N2)cc1OC. The van der Waals surface area contributed by atoms with E-state index in [1.807, 2.05) is 62.3 Å². The van der Waals surface area contributed by atoms with Gasteiger partial charge in [0.25, 0.3) is 5.91 Å². The standard InChI is InChI=1S/C25H30N4O4/c1-15-10-16(2)24(17(3)11-15)26-23(30)14-28-8-9-29-20(25(28)31)13-19(27-29)18-6-7-21(32-4)22(12-18)33-5/h6-12,19-20,27H,13-14H2,1-5H3,(H,26,30). The van der Waals surface area contributed by atoms with Crippen LogP contribution in [-0.4, -0.2) is 48.5 Å². The van der Waals surface area contributed by atoms with Crippen molar-refractivity contribution in [3.63, 3.8) is 0 Å². The van der Waals surface area contributed by atoms with Crippen LogP contribution < -0.4 is 20.2 Å². The molecule has 0 radical (unpaired) electrons. The molecule has 33 heavy (non-hydrogen) atoms. The van der Waals surface area contributed by atoms with E-state index in [-0.39, 0.29) is 30.4 Å². The molecule has 2 unspecified atom stereocenters. The van der Waals surface area contributed by atoms with Gasteiger partial charge in [-0.15, -0.1) is 0 Å². The predicted octanol–water partition coefficient (Wildman–Crippen LogP) is 3.20. The van der Waals surface area contributed by atoms with Crippen LogP contribution in [0.3, 0.4) is 0 Å².